The van der Waals surface area contributed by atoms with Crippen molar-refractivity contribution in [3.05, 3.63) is 23.6 Å². The molecule has 0 radical (unpaired) electrons. The normalized spacial score (nSPS) is 15.0. The number of hydrogen-bond donors (Lipinski definition) is 0. The van der Waals surface area contributed by atoms with Crippen LogP contribution in [0.3, 0.4) is 0 Å². The van der Waals surface area contributed by atoms with Crippen LogP contribution < -0.4 is 4.74 Å². The van der Waals surface area contributed by atoms with Gasteiger partial charge in [0.15, 0.2) is 5.01 Å². The van der Waals surface area contributed by atoms with Crippen LogP contribution in [0.15, 0.2) is 18.6 Å². The van der Waals surface area contributed by atoms with Gasteiger partial charge in [-0.15, -0.1) is 11.3 Å². The third kappa shape index (κ3) is 4.75. The van der Waals surface area contributed by atoms with Crippen molar-refractivity contribution < 1.29 is 14.3 Å². The molecule has 140 valence electrons. The lowest BCUT2D eigenvalue weighted by Gasteiger charge is -2.28. The van der Waals surface area contributed by atoms with Gasteiger partial charge < -0.3 is 14.4 Å². The van der Waals surface area contributed by atoms with Gasteiger partial charge >= 0.3 is 0 Å². The van der Waals surface area contributed by atoms with Crippen LogP contribution in [0, 0.1) is 0 Å². The molecule has 1 fully saturated rings. The van der Waals surface area contributed by atoms with Gasteiger partial charge in [-0.1, -0.05) is 0 Å². The predicted octanol–water partition coefficient (Wildman–Crippen LogP) is 1.40. The summed E-state index contributed by atoms with van der Waals surface area (Å²) in [7, 11) is 1.80. The highest BCUT2D eigenvalue weighted by molar-refractivity contribution is 7.16. The zero-order chi connectivity index (χ0) is 18.4. The van der Waals surface area contributed by atoms with Crippen LogP contribution in [0.4, 0.5) is 0 Å². The molecule has 1 aliphatic rings. The molecule has 1 amide bonds. The summed E-state index contributed by atoms with van der Waals surface area (Å²) in [4.78, 5) is 30.2. The third-order valence-electron chi connectivity index (χ3n) is 4.05. The van der Waals surface area contributed by atoms with Gasteiger partial charge in [-0.3, -0.25) is 14.7 Å². The molecule has 26 heavy (non-hydrogen) atoms. The number of morpholine rings is 1. The molecule has 8 nitrogen and oxygen atoms in total. The molecular weight excluding hydrogens is 354 g/mol. The summed E-state index contributed by atoms with van der Waals surface area (Å²) in [5.41, 5.74) is 0.656. The standard InChI is InChI=1S/C17H23N5O3S/c1-3-25-15-12-18-10-13(20-15)14-11-19-16(26-14)17(23)21(2)4-5-22-6-8-24-9-7-22/h10-12H,3-9H2,1-2H3. The minimum atomic E-state index is -0.0802. The topological polar surface area (TPSA) is 80.7 Å². The fraction of sp³-hybridized carbons (Fsp3) is 0.529. The molecule has 0 atom stereocenters. The molecule has 3 heterocycles. The molecule has 0 N–H and O–H groups in total. The maximum absolute atomic E-state index is 12.6. The predicted molar refractivity (Wildman–Crippen MR) is 98.5 cm³/mol. The van der Waals surface area contributed by atoms with Crippen LogP contribution in [0.2, 0.25) is 0 Å². The second-order valence-corrected chi connectivity index (χ2v) is 6.92. The first-order valence-electron chi connectivity index (χ1n) is 8.64. The van der Waals surface area contributed by atoms with Gasteiger partial charge in [-0.05, 0) is 6.92 Å². The van der Waals surface area contributed by atoms with Gasteiger partial charge in [0.25, 0.3) is 5.91 Å². The molecule has 0 saturated carbocycles. The van der Waals surface area contributed by atoms with Crippen LogP contribution >= 0.6 is 11.3 Å². The van der Waals surface area contributed by atoms with Crippen molar-refractivity contribution in [3.63, 3.8) is 0 Å². The number of carbonyl (C=O) groups excluding carboxylic acids is 1. The van der Waals surface area contributed by atoms with Gasteiger partial charge in [-0.25, -0.2) is 9.97 Å². The van der Waals surface area contributed by atoms with Crippen LogP contribution in [0.1, 0.15) is 16.7 Å². The average Bonchev–Trinajstić information content (AvgIpc) is 3.17. The Morgan fingerprint density at radius 2 is 2.15 bits per heavy atom. The summed E-state index contributed by atoms with van der Waals surface area (Å²) in [5, 5.41) is 0.452. The monoisotopic (exact) mass is 377 g/mol. The van der Waals surface area contributed by atoms with Gasteiger partial charge in [0.2, 0.25) is 5.88 Å². The zero-order valence-corrected chi connectivity index (χ0v) is 15.9. The fourth-order valence-corrected chi connectivity index (χ4v) is 3.42. The van der Waals surface area contributed by atoms with E-state index in [9.17, 15) is 4.79 Å². The maximum atomic E-state index is 12.6. The third-order valence-corrected chi connectivity index (χ3v) is 5.06. The fourth-order valence-electron chi connectivity index (χ4n) is 2.56. The van der Waals surface area contributed by atoms with E-state index < -0.39 is 0 Å². The van der Waals surface area contributed by atoms with Crippen molar-refractivity contribution in [1.29, 1.82) is 0 Å². The van der Waals surface area contributed by atoms with E-state index in [0.717, 1.165) is 37.7 Å². The van der Waals surface area contributed by atoms with Crippen LogP contribution in [0.5, 0.6) is 5.88 Å². The number of amides is 1. The molecule has 0 aromatic carbocycles. The van der Waals surface area contributed by atoms with Gasteiger partial charge in [-0.2, -0.15) is 0 Å². The number of hydrogen-bond acceptors (Lipinski definition) is 8. The van der Waals surface area contributed by atoms with Crippen LogP contribution in [0.25, 0.3) is 10.6 Å². The number of thiazole rings is 1. The lowest BCUT2D eigenvalue weighted by atomic mass is 10.4. The van der Waals surface area contributed by atoms with E-state index in [-0.39, 0.29) is 5.91 Å². The number of nitrogens with zero attached hydrogens (tertiary/aromatic N) is 5. The number of carbonyl (C=O) groups is 1. The van der Waals surface area contributed by atoms with Crippen molar-refractivity contribution in [3.8, 4) is 16.5 Å². The van der Waals surface area contributed by atoms with E-state index in [2.05, 4.69) is 19.9 Å². The molecule has 0 spiro atoms. The summed E-state index contributed by atoms with van der Waals surface area (Å²) in [6.07, 6.45) is 4.87. The quantitative estimate of drug-likeness (QED) is 0.721. The molecule has 1 aliphatic heterocycles. The van der Waals surface area contributed by atoms with E-state index in [0.29, 0.717) is 29.7 Å². The molecular formula is C17H23N5O3S. The minimum absolute atomic E-state index is 0.0802. The number of aromatic nitrogens is 3. The Labute approximate surface area is 156 Å². The lowest BCUT2D eigenvalue weighted by molar-refractivity contribution is 0.0338. The van der Waals surface area contributed by atoms with Crippen molar-refractivity contribution in [2.45, 2.75) is 6.92 Å². The van der Waals surface area contributed by atoms with Crippen molar-refractivity contribution in [2.24, 2.45) is 0 Å². The van der Waals surface area contributed by atoms with E-state index in [1.165, 1.54) is 11.3 Å². The van der Waals surface area contributed by atoms with Gasteiger partial charge in [0.05, 0.1) is 37.1 Å². The Kier molecular flexibility index (Phi) is 6.48. The lowest BCUT2D eigenvalue weighted by Crippen LogP contribution is -2.41. The van der Waals surface area contributed by atoms with Crippen molar-refractivity contribution >= 4 is 17.2 Å². The largest absolute Gasteiger partial charge is 0.477 e. The molecule has 3 rings (SSSR count). The van der Waals surface area contributed by atoms with Crippen molar-refractivity contribution in [2.75, 3.05) is 53.0 Å². The summed E-state index contributed by atoms with van der Waals surface area (Å²) in [6.45, 7) is 7.27. The number of ether oxygens (including phenoxy) is 2. The molecule has 2 aromatic heterocycles. The molecule has 0 bridgehead atoms. The Bertz CT molecular complexity index is 733. The van der Waals surface area contributed by atoms with E-state index in [1.54, 1.807) is 30.5 Å². The summed E-state index contributed by atoms with van der Waals surface area (Å²) in [5.74, 6) is 0.386. The van der Waals surface area contributed by atoms with E-state index >= 15 is 0 Å². The first-order valence-corrected chi connectivity index (χ1v) is 9.45. The first kappa shape index (κ1) is 18.7. The summed E-state index contributed by atoms with van der Waals surface area (Å²) < 4.78 is 10.7. The molecule has 0 aliphatic carbocycles. The minimum Gasteiger partial charge on any atom is -0.477 e. The van der Waals surface area contributed by atoms with Crippen LogP contribution in [-0.2, 0) is 4.74 Å². The Hall–Kier alpha value is -2.10. The van der Waals surface area contributed by atoms with E-state index in [4.69, 9.17) is 9.47 Å². The zero-order valence-electron chi connectivity index (χ0n) is 15.1. The Balaban J connectivity index is 1.61. The second-order valence-electron chi connectivity index (χ2n) is 5.89. The smallest absolute Gasteiger partial charge is 0.282 e. The van der Waals surface area contributed by atoms with Gasteiger partial charge in [0.1, 0.15) is 5.69 Å². The highest BCUT2D eigenvalue weighted by Gasteiger charge is 2.19. The second kappa shape index (κ2) is 9.02. The molecule has 2 aromatic rings. The molecule has 0 unspecified atom stereocenters. The Morgan fingerprint density at radius 1 is 1.35 bits per heavy atom. The highest BCUT2D eigenvalue weighted by Crippen LogP contribution is 2.25. The number of likely N-dealkylation sites (N-methyl/N-ethyl adjacent to an activating group) is 1. The van der Waals surface area contributed by atoms with E-state index in [1.807, 2.05) is 6.92 Å². The van der Waals surface area contributed by atoms with Crippen molar-refractivity contribution in [1.82, 2.24) is 24.8 Å². The first-order chi connectivity index (χ1) is 12.7. The van der Waals surface area contributed by atoms with Crippen LogP contribution in [-0.4, -0.2) is 83.7 Å². The number of rotatable bonds is 7. The highest BCUT2D eigenvalue weighted by atomic mass is 32.1. The summed E-state index contributed by atoms with van der Waals surface area (Å²) >= 11 is 1.32. The average molecular weight is 377 g/mol. The molecule has 1 saturated heterocycles. The summed E-state index contributed by atoms with van der Waals surface area (Å²) in [6, 6.07) is 0. The Morgan fingerprint density at radius 3 is 2.92 bits per heavy atom. The maximum Gasteiger partial charge on any atom is 0.282 e. The SMILES string of the molecule is CCOc1cncc(-c2cnc(C(=O)N(C)CCN3CCOCC3)s2)n1. The van der Waals surface area contributed by atoms with Gasteiger partial charge in [0, 0.05) is 39.4 Å². The molecule has 9 heteroatoms.